The van der Waals surface area contributed by atoms with Crippen LogP contribution in [0.3, 0.4) is 0 Å². The zero-order valence-electron chi connectivity index (χ0n) is 17.2. The first kappa shape index (κ1) is 21.8. The van der Waals surface area contributed by atoms with Crippen molar-refractivity contribution in [2.75, 3.05) is 7.11 Å². The van der Waals surface area contributed by atoms with Gasteiger partial charge >= 0.3 is 0 Å². The van der Waals surface area contributed by atoms with Gasteiger partial charge in [-0.25, -0.2) is 22.4 Å². The highest BCUT2D eigenvalue weighted by Crippen LogP contribution is 2.34. The number of methoxy groups -OCH3 is 1. The molecule has 8 nitrogen and oxygen atoms in total. The zero-order valence-corrected chi connectivity index (χ0v) is 18.8. The van der Waals surface area contributed by atoms with E-state index in [1.165, 1.54) is 42.5 Å². The van der Waals surface area contributed by atoms with Gasteiger partial charge in [0.25, 0.3) is 10.0 Å². The smallest absolute Gasteiger partial charge is 0.268 e. The molecule has 0 saturated carbocycles. The Balaban J connectivity index is 1.96. The zero-order chi connectivity index (χ0) is 22.9. The number of carbonyl (C=O) groups is 1. The quantitative estimate of drug-likeness (QED) is 0.461. The summed E-state index contributed by atoms with van der Waals surface area (Å²) < 4.78 is 33.4. The number of nitrogens with zero attached hydrogens (tertiary/aromatic N) is 3. The third-order valence-corrected chi connectivity index (χ3v) is 6.92. The van der Waals surface area contributed by atoms with Gasteiger partial charge in [-0.15, -0.1) is 0 Å². The largest absolute Gasteiger partial charge is 0.480 e. The molecule has 4 aromatic rings. The molecule has 2 aromatic heterocycles. The number of ether oxygens (including phenoxy) is 1. The van der Waals surface area contributed by atoms with Crippen molar-refractivity contribution >= 4 is 38.4 Å². The Hall–Kier alpha value is -3.43. The van der Waals surface area contributed by atoms with Gasteiger partial charge in [0.15, 0.2) is 0 Å². The molecule has 4 rings (SSSR count). The summed E-state index contributed by atoms with van der Waals surface area (Å²) in [5.74, 6) is 0.0738. The molecule has 164 valence electrons. The van der Waals surface area contributed by atoms with Crippen molar-refractivity contribution in [1.29, 1.82) is 0 Å². The molecule has 1 N–H and O–H groups in total. The van der Waals surface area contributed by atoms with Crippen LogP contribution < -0.4 is 10.1 Å². The average Bonchev–Trinajstić information content (AvgIpc) is 3.15. The Bertz CT molecular complexity index is 1400. The number of nitrogens with one attached hydrogen (secondary N) is 1. The fraction of sp³-hybridized carbons (Fsp3) is 0.136. The maximum Gasteiger partial charge on any atom is 0.268 e. The fourth-order valence-electron chi connectivity index (χ4n) is 3.34. The third kappa shape index (κ3) is 4.04. The minimum absolute atomic E-state index is 0.0331. The molecule has 0 aliphatic rings. The van der Waals surface area contributed by atoms with Gasteiger partial charge in [0.1, 0.15) is 0 Å². The lowest BCUT2D eigenvalue weighted by Gasteiger charge is -2.13. The van der Waals surface area contributed by atoms with Gasteiger partial charge in [-0.1, -0.05) is 29.8 Å². The first-order chi connectivity index (χ1) is 15.3. The molecule has 0 spiro atoms. The molecule has 0 bridgehead atoms. The number of amides is 1. The lowest BCUT2D eigenvalue weighted by molar-refractivity contribution is -0.119. The molecule has 0 aliphatic heterocycles. The molecule has 2 heterocycles. The molecule has 0 aliphatic carbocycles. The first-order valence-corrected chi connectivity index (χ1v) is 11.4. The molecule has 0 saturated heterocycles. The van der Waals surface area contributed by atoms with E-state index in [2.05, 4.69) is 15.3 Å². The summed E-state index contributed by atoms with van der Waals surface area (Å²) >= 11 is 6.50. The summed E-state index contributed by atoms with van der Waals surface area (Å²) in [6, 6.07) is 13.1. The van der Waals surface area contributed by atoms with Crippen molar-refractivity contribution in [2.45, 2.75) is 18.4 Å². The SMILES string of the molecule is COc1cnc(-c2cc3c(cc2Cl)cc(CNC(C)=O)n3S(=O)(=O)c2ccccc2)cn1. The highest BCUT2D eigenvalue weighted by molar-refractivity contribution is 7.90. The molecule has 0 unspecified atom stereocenters. The Morgan fingerprint density at radius 3 is 2.50 bits per heavy atom. The van der Waals surface area contributed by atoms with Crippen molar-refractivity contribution in [2.24, 2.45) is 0 Å². The van der Waals surface area contributed by atoms with E-state index in [1.807, 2.05) is 0 Å². The maximum absolute atomic E-state index is 13.6. The fourth-order valence-corrected chi connectivity index (χ4v) is 5.16. The van der Waals surface area contributed by atoms with Crippen molar-refractivity contribution in [3.8, 4) is 17.1 Å². The van der Waals surface area contributed by atoms with Crippen LogP contribution in [0.1, 0.15) is 12.6 Å². The highest BCUT2D eigenvalue weighted by atomic mass is 35.5. The topological polar surface area (TPSA) is 103 Å². The van der Waals surface area contributed by atoms with E-state index in [0.29, 0.717) is 38.8 Å². The van der Waals surface area contributed by atoms with Crippen LogP contribution in [0.15, 0.2) is 65.8 Å². The maximum atomic E-state index is 13.6. The van der Waals surface area contributed by atoms with Crippen molar-refractivity contribution in [3.05, 3.63) is 71.6 Å². The molecule has 2 aromatic carbocycles. The van der Waals surface area contributed by atoms with E-state index in [1.54, 1.807) is 36.4 Å². The minimum Gasteiger partial charge on any atom is -0.480 e. The summed E-state index contributed by atoms with van der Waals surface area (Å²) in [5.41, 5.74) is 1.79. The van der Waals surface area contributed by atoms with E-state index < -0.39 is 10.0 Å². The normalized spacial score (nSPS) is 11.5. The standard InChI is InChI=1S/C22H19ClN4O4S/c1-14(28)24-11-16-8-15-9-19(23)18(20-12-26-22(31-2)13-25-20)10-21(15)27(16)32(29,30)17-6-4-3-5-7-17/h3-10,12-13H,11H2,1-2H3,(H,24,28). The lowest BCUT2D eigenvalue weighted by atomic mass is 10.1. The Morgan fingerprint density at radius 2 is 1.88 bits per heavy atom. The second kappa shape index (κ2) is 8.60. The summed E-state index contributed by atoms with van der Waals surface area (Å²) in [6.45, 7) is 1.40. The summed E-state index contributed by atoms with van der Waals surface area (Å²) in [4.78, 5) is 20.1. The van der Waals surface area contributed by atoms with Crippen LogP contribution in [0.4, 0.5) is 0 Å². The number of aromatic nitrogens is 3. The third-order valence-electron chi connectivity index (χ3n) is 4.83. The summed E-state index contributed by atoms with van der Waals surface area (Å²) in [6.07, 6.45) is 2.96. The number of hydrogen-bond donors (Lipinski definition) is 1. The molecule has 0 radical (unpaired) electrons. The highest BCUT2D eigenvalue weighted by Gasteiger charge is 2.24. The van der Waals surface area contributed by atoms with Crippen LogP contribution in [-0.4, -0.2) is 35.4 Å². The molecule has 0 fully saturated rings. The van der Waals surface area contributed by atoms with Gasteiger partial charge in [-0.05, 0) is 30.3 Å². The molecule has 1 amide bonds. The van der Waals surface area contributed by atoms with Crippen LogP contribution in [0.25, 0.3) is 22.2 Å². The number of halogens is 1. The van der Waals surface area contributed by atoms with Gasteiger partial charge in [-0.2, -0.15) is 0 Å². The second-order valence-electron chi connectivity index (χ2n) is 6.96. The van der Waals surface area contributed by atoms with Gasteiger partial charge < -0.3 is 10.1 Å². The van der Waals surface area contributed by atoms with Crippen LogP contribution in [-0.2, 0) is 21.4 Å². The monoisotopic (exact) mass is 470 g/mol. The van der Waals surface area contributed by atoms with Crippen LogP contribution in [0.5, 0.6) is 5.88 Å². The van der Waals surface area contributed by atoms with E-state index in [4.69, 9.17) is 16.3 Å². The first-order valence-electron chi connectivity index (χ1n) is 9.56. The Morgan fingerprint density at radius 1 is 1.12 bits per heavy atom. The summed E-state index contributed by atoms with van der Waals surface area (Å²) in [7, 11) is -2.47. The van der Waals surface area contributed by atoms with E-state index in [0.717, 1.165) is 0 Å². The van der Waals surface area contributed by atoms with Crippen LogP contribution in [0.2, 0.25) is 5.02 Å². The molecule has 32 heavy (non-hydrogen) atoms. The number of hydrogen-bond acceptors (Lipinski definition) is 6. The van der Waals surface area contributed by atoms with Crippen molar-refractivity contribution in [3.63, 3.8) is 0 Å². The second-order valence-corrected chi connectivity index (χ2v) is 9.16. The number of fused-ring (bicyclic) bond motifs is 1. The lowest BCUT2D eigenvalue weighted by Crippen LogP contribution is -2.23. The van der Waals surface area contributed by atoms with E-state index in [-0.39, 0.29) is 17.3 Å². The number of rotatable bonds is 6. The number of benzene rings is 2. The minimum atomic E-state index is -3.96. The summed E-state index contributed by atoms with van der Waals surface area (Å²) in [5, 5.41) is 3.66. The van der Waals surface area contributed by atoms with Crippen molar-refractivity contribution < 1.29 is 17.9 Å². The van der Waals surface area contributed by atoms with Gasteiger partial charge in [0.05, 0.1) is 52.9 Å². The Labute approximate surface area is 189 Å². The average molecular weight is 471 g/mol. The molecular formula is C22H19ClN4O4S. The predicted octanol–water partition coefficient (Wildman–Crippen LogP) is 3.63. The molecule has 0 atom stereocenters. The van der Waals surface area contributed by atoms with E-state index >= 15 is 0 Å². The van der Waals surface area contributed by atoms with Crippen LogP contribution in [0, 0.1) is 0 Å². The van der Waals surface area contributed by atoms with Crippen LogP contribution >= 0.6 is 11.6 Å². The predicted molar refractivity (Wildman–Crippen MR) is 121 cm³/mol. The number of carbonyl (C=O) groups excluding carboxylic acids is 1. The van der Waals surface area contributed by atoms with Gasteiger partial charge in [-0.3, -0.25) is 4.79 Å². The van der Waals surface area contributed by atoms with Gasteiger partial charge in [0.2, 0.25) is 11.8 Å². The van der Waals surface area contributed by atoms with Crippen molar-refractivity contribution in [1.82, 2.24) is 19.3 Å². The Kier molecular flexibility index (Phi) is 5.86. The molecule has 10 heteroatoms. The van der Waals surface area contributed by atoms with E-state index in [9.17, 15) is 13.2 Å². The van der Waals surface area contributed by atoms with Gasteiger partial charge in [0, 0.05) is 17.9 Å². The molecular weight excluding hydrogens is 452 g/mol.